The fraction of sp³-hybridized carbons (Fsp3) is 0.708. The zero-order valence-corrected chi connectivity index (χ0v) is 20.8. The second-order valence-corrected chi connectivity index (χ2v) is 10.9. The molecule has 0 aromatic rings. The van der Waals surface area contributed by atoms with E-state index in [4.69, 9.17) is 23.7 Å². The molecule has 2 fully saturated rings. The number of esters is 3. The molecular weight excluding hydrogens is 448 g/mol. The third-order valence-electron chi connectivity index (χ3n) is 6.87. The minimum absolute atomic E-state index is 0.0322. The first kappa shape index (κ1) is 24.1. The third-order valence-corrected chi connectivity index (χ3v) is 8.53. The number of ether oxygens (including phenoxy) is 5. The quantitative estimate of drug-likeness (QED) is 0.442. The van der Waals surface area contributed by atoms with Gasteiger partial charge in [0.25, 0.3) is 5.79 Å². The number of carbonyl (C=O) groups excluding carboxylic acids is 3. The van der Waals surface area contributed by atoms with Crippen LogP contribution in [0.3, 0.4) is 0 Å². The van der Waals surface area contributed by atoms with Crippen molar-refractivity contribution in [3.8, 4) is 0 Å². The molecule has 1 saturated heterocycles. The number of hydrogen-bond acceptors (Lipinski definition) is 9. The van der Waals surface area contributed by atoms with Crippen LogP contribution in [0.1, 0.15) is 54.4 Å². The molecule has 4 aliphatic rings. The van der Waals surface area contributed by atoms with Gasteiger partial charge in [-0.1, -0.05) is 12.5 Å². The Morgan fingerprint density at radius 3 is 2.45 bits per heavy atom. The van der Waals surface area contributed by atoms with Gasteiger partial charge in [-0.15, -0.1) is 11.8 Å². The maximum absolute atomic E-state index is 13.2. The van der Waals surface area contributed by atoms with Crippen molar-refractivity contribution in [2.45, 2.75) is 76.5 Å². The van der Waals surface area contributed by atoms with Crippen LogP contribution in [-0.2, 0) is 38.1 Å². The first-order valence-corrected chi connectivity index (χ1v) is 12.4. The minimum atomic E-state index is -1.55. The molecule has 182 valence electrons. The molecule has 0 radical (unpaired) electrons. The van der Waals surface area contributed by atoms with Gasteiger partial charge in [-0.3, -0.25) is 4.79 Å². The average molecular weight is 481 g/mol. The Kier molecular flexibility index (Phi) is 6.33. The lowest BCUT2D eigenvalue weighted by Gasteiger charge is -2.51. The van der Waals surface area contributed by atoms with E-state index >= 15 is 0 Å². The lowest BCUT2D eigenvalue weighted by molar-refractivity contribution is -0.236. The summed E-state index contributed by atoms with van der Waals surface area (Å²) in [7, 11) is 0. The van der Waals surface area contributed by atoms with Crippen molar-refractivity contribution in [3.63, 3.8) is 0 Å². The summed E-state index contributed by atoms with van der Waals surface area (Å²) in [6.45, 7) is 11.4. The monoisotopic (exact) mass is 480 g/mol. The fourth-order valence-electron chi connectivity index (χ4n) is 5.43. The van der Waals surface area contributed by atoms with E-state index in [1.165, 1.54) is 13.8 Å². The van der Waals surface area contributed by atoms with E-state index in [1.54, 1.807) is 13.2 Å². The van der Waals surface area contributed by atoms with Crippen LogP contribution in [0.5, 0.6) is 0 Å². The molecule has 9 heteroatoms. The topological polar surface area (TPSA) is 97.4 Å². The van der Waals surface area contributed by atoms with Crippen molar-refractivity contribution < 1.29 is 38.1 Å². The first-order chi connectivity index (χ1) is 15.5. The van der Waals surface area contributed by atoms with Gasteiger partial charge >= 0.3 is 17.9 Å². The van der Waals surface area contributed by atoms with E-state index in [0.717, 1.165) is 28.5 Å². The molecular formula is C24H32O8S. The Morgan fingerprint density at radius 1 is 1.18 bits per heavy atom. The molecule has 33 heavy (non-hydrogen) atoms. The highest BCUT2D eigenvalue weighted by Gasteiger charge is 2.63. The van der Waals surface area contributed by atoms with Gasteiger partial charge in [0.05, 0.1) is 18.8 Å². The maximum Gasteiger partial charge on any atom is 0.337 e. The molecule has 1 saturated carbocycles. The summed E-state index contributed by atoms with van der Waals surface area (Å²) in [5, 5.41) is -0.469. The predicted molar refractivity (Wildman–Crippen MR) is 120 cm³/mol. The number of carbonyl (C=O) groups is 3. The van der Waals surface area contributed by atoms with Crippen molar-refractivity contribution in [1.82, 2.24) is 0 Å². The highest BCUT2D eigenvalue weighted by Crippen LogP contribution is 2.59. The van der Waals surface area contributed by atoms with Crippen LogP contribution in [0.25, 0.3) is 0 Å². The number of fused-ring (bicyclic) bond motifs is 3. The average Bonchev–Trinajstić information content (AvgIpc) is 2.72. The molecule has 0 amide bonds. The predicted octanol–water partition coefficient (Wildman–Crippen LogP) is 3.50. The number of cyclic esters (lactones) is 2. The number of thioether (sulfide) groups is 1. The number of allylic oxidation sites excluding steroid dienone is 2. The standard InChI is InChI=1S/C24H32O8S/c1-7-28-16-9-14-13(4)18(20(25)29-8-2)19-17(15(14)11-30-16)12(3)10-24(33-19)21(26)31-23(5,6)32-22(24)27/h11,13-14,16,18-19H,7-10H2,1-6H3/t13-,14-,16+,18-,19-/m0/s1. The summed E-state index contributed by atoms with van der Waals surface area (Å²) in [5.74, 6) is -3.54. The fourth-order valence-corrected chi connectivity index (χ4v) is 7.40. The molecule has 5 atom stereocenters. The summed E-state index contributed by atoms with van der Waals surface area (Å²) in [4.78, 5) is 39.5. The van der Waals surface area contributed by atoms with Gasteiger partial charge in [0.2, 0.25) is 4.75 Å². The van der Waals surface area contributed by atoms with Crippen molar-refractivity contribution in [2.24, 2.45) is 17.8 Å². The lowest BCUT2D eigenvalue weighted by Crippen LogP contribution is -2.60. The van der Waals surface area contributed by atoms with Crippen LogP contribution >= 0.6 is 11.8 Å². The SMILES string of the molecule is CCOC(=O)[C@H]1[C@@H](C)[C@@H]2C[C@H](OCC)OC=C2C2=C(C)CC3(S[C@@H]21)C(=O)OC(C)(C)OC3=O. The summed E-state index contributed by atoms with van der Waals surface area (Å²) in [5.41, 5.74) is 2.80. The molecule has 1 spiro atoms. The summed E-state index contributed by atoms with van der Waals surface area (Å²) >= 11 is 1.16. The highest BCUT2D eigenvalue weighted by molar-refractivity contribution is 8.03. The molecule has 0 aromatic heterocycles. The van der Waals surface area contributed by atoms with E-state index in [2.05, 4.69) is 0 Å². The van der Waals surface area contributed by atoms with Crippen molar-refractivity contribution in [3.05, 3.63) is 23.0 Å². The van der Waals surface area contributed by atoms with E-state index in [1.807, 2.05) is 20.8 Å². The number of rotatable bonds is 4. The van der Waals surface area contributed by atoms with E-state index < -0.39 is 33.6 Å². The molecule has 3 heterocycles. The highest BCUT2D eigenvalue weighted by atomic mass is 32.2. The molecule has 0 aromatic carbocycles. The van der Waals surface area contributed by atoms with Crippen LogP contribution < -0.4 is 0 Å². The Labute approximate surface area is 198 Å². The Hall–Kier alpha value is -2.00. The van der Waals surface area contributed by atoms with Crippen LogP contribution in [0.15, 0.2) is 23.0 Å². The lowest BCUT2D eigenvalue weighted by atomic mass is 9.64. The number of hydrogen-bond donors (Lipinski definition) is 0. The normalized spacial score (nSPS) is 34.4. The van der Waals surface area contributed by atoms with E-state index in [0.29, 0.717) is 13.0 Å². The van der Waals surface area contributed by atoms with Crippen molar-refractivity contribution >= 4 is 29.7 Å². The van der Waals surface area contributed by atoms with Gasteiger partial charge in [0.15, 0.2) is 6.29 Å². The summed E-state index contributed by atoms with van der Waals surface area (Å²) in [6.07, 6.45) is 2.13. The molecule has 8 nitrogen and oxygen atoms in total. The van der Waals surface area contributed by atoms with Crippen molar-refractivity contribution in [1.29, 1.82) is 0 Å². The minimum Gasteiger partial charge on any atom is -0.472 e. The van der Waals surface area contributed by atoms with Crippen molar-refractivity contribution in [2.75, 3.05) is 13.2 Å². The van der Waals surface area contributed by atoms with E-state index in [-0.39, 0.29) is 37.1 Å². The smallest absolute Gasteiger partial charge is 0.337 e. The molecule has 0 bridgehead atoms. The Morgan fingerprint density at radius 2 is 1.85 bits per heavy atom. The largest absolute Gasteiger partial charge is 0.472 e. The third kappa shape index (κ3) is 3.97. The van der Waals surface area contributed by atoms with Gasteiger partial charge in [0, 0.05) is 38.5 Å². The van der Waals surface area contributed by atoms with Gasteiger partial charge in [0.1, 0.15) is 0 Å². The Bertz CT molecular complexity index is 899. The van der Waals surface area contributed by atoms with E-state index in [9.17, 15) is 14.4 Å². The maximum atomic E-state index is 13.2. The zero-order valence-electron chi connectivity index (χ0n) is 20.0. The second-order valence-electron chi connectivity index (χ2n) is 9.49. The van der Waals surface area contributed by atoms with Crippen LogP contribution in [0.2, 0.25) is 0 Å². The van der Waals surface area contributed by atoms with Gasteiger partial charge in [-0.05, 0) is 43.8 Å². The zero-order chi connectivity index (χ0) is 24.1. The van der Waals surface area contributed by atoms with Gasteiger partial charge in [-0.25, -0.2) is 9.59 Å². The molecule has 4 rings (SSSR count). The Balaban J connectivity index is 1.80. The van der Waals surface area contributed by atoms with Gasteiger partial charge in [-0.2, -0.15) is 0 Å². The molecule has 3 aliphatic heterocycles. The summed E-state index contributed by atoms with van der Waals surface area (Å²) < 4.78 is 26.4. The first-order valence-electron chi connectivity index (χ1n) is 11.5. The van der Waals surface area contributed by atoms with Crippen LogP contribution in [-0.4, -0.2) is 53.2 Å². The van der Waals surface area contributed by atoms with Gasteiger partial charge < -0.3 is 23.7 Å². The van der Waals surface area contributed by atoms with Crippen LogP contribution in [0, 0.1) is 17.8 Å². The molecule has 1 aliphatic carbocycles. The summed E-state index contributed by atoms with van der Waals surface area (Å²) in [6, 6.07) is 0. The molecule has 0 N–H and O–H groups in total. The second kappa shape index (κ2) is 8.65. The molecule has 0 unspecified atom stereocenters. The van der Waals surface area contributed by atoms with Crippen LogP contribution in [0.4, 0.5) is 0 Å².